The van der Waals surface area contributed by atoms with E-state index < -0.39 is 44.2 Å². The molecule has 12 heteroatoms. The monoisotopic (exact) mass is 340 g/mol. The van der Waals surface area contributed by atoms with Crippen molar-refractivity contribution >= 4 is 40.2 Å². The average molecular weight is 341 g/mol. The van der Waals surface area contributed by atoms with E-state index in [1.165, 1.54) is 0 Å². The highest BCUT2D eigenvalue weighted by Crippen LogP contribution is 2.26. The van der Waals surface area contributed by atoms with Crippen molar-refractivity contribution in [1.82, 2.24) is 0 Å². The summed E-state index contributed by atoms with van der Waals surface area (Å²) >= 11 is 0. The van der Waals surface area contributed by atoms with Crippen molar-refractivity contribution < 1.29 is 33.0 Å². The van der Waals surface area contributed by atoms with Gasteiger partial charge in [-0.2, -0.15) is 16.8 Å². The highest BCUT2D eigenvalue weighted by Gasteiger charge is 2.24. The fraction of sp³-hybridized carbons (Fsp3) is 0. The van der Waals surface area contributed by atoms with Crippen molar-refractivity contribution in [2.75, 3.05) is 0 Å². The zero-order valence-corrected chi connectivity index (χ0v) is 11.2. The molecule has 0 aromatic heterocycles. The van der Waals surface area contributed by atoms with E-state index in [0.717, 1.165) is 0 Å². The molecule has 0 radical (unpaired) electrons. The Balaban J connectivity index is 3.82. The first-order chi connectivity index (χ1) is 7.82. The summed E-state index contributed by atoms with van der Waals surface area (Å²) in [5, 5.41) is 0. The maximum Gasteiger partial charge on any atom is 0.332 e. The molecule has 0 amide bonds. The Bertz CT molecular complexity index is 674. The van der Waals surface area contributed by atoms with E-state index >= 15 is 0 Å². The van der Waals surface area contributed by atoms with Crippen molar-refractivity contribution in [3.8, 4) is 0 Å². The summed E-state index contributed by atoms with van der Waals surface area (Å²) in [7, 11) is -10.6. The van der Waals surface area contributed by atoms with Crippen molar-refractivity contribution in [3.63, 3.8) is 0 Å². The van der Waals surface area contributed by atoms with Crippen LogP contribution in [0.2, 0.25) is 0 Å². The van der Waals surface area contributed by atoms with Gasteiger partial charge in [-0.25, -0.2) is 8.42 Å². The largest absolute Gasteiger partial charge is 0.332 e. The molecule has 1 aromatic carbocycles. The van der Waals surface area contributed by atoms with Crippen LogP contribution in [0.15, 0.2) is 32.9 Å². The summed E-state index contributed by atoms with van der Waals surface area (Å²) in [6.07, 6.45) is 0. The average Bonchev–Trinajstić information content (AvgIpc) is 2.13. The molecule has 1 aromatic rings. The first-order valence-electron chi connectivity index (χ1n) is 3.81. The Labute approximate surface area is 106 Å². The lowest BCUT2D eigenvalue weighted by molar-refractivity contribution is 0.549. The van der Waals surface area contributed by atoms with Crippen LogP contribution in [0.3, 0.4) is 0 Å². The molecule has 0 N–H and O–H groups in total. The lowest BCUT2D eigenvalue weighted by Gasteiger charge is -2.02. The van der Waals surface area contributed by atoms with Gasteiger partial charge in [0.1, 0.15) is 9.79 Å². The van der Waals surface area contributed by atoms with Gasteiger partial charge in [0.15, 0.2) is 0 Å². The van der Waals surface area contributed by atoms with Crippen LogP contribution in [0.4, 0.5) is 7.77 Å². The number of halogens is 3. The maximum atomic E-state index is 12.7. The van der Waals surface area contributed by atoms with Crippen molar-refractivity contribution in [2.24, 2.45) is 0 Å². The summed E-state index contributed by atoms with van der Waals surface area (Å²) in [5.74, 6) is 0. The van der Waals surface area contributed by atoms with Crippen molar-refractivity contribution in [2.45, 2.75) is 14.7 Å². The second-order valence-electron chi connectivity index (χ2n) is 2.95. The zero-order valence-electron chi connectivity index (χ0n) is 8.04. The van der Waals surface area contributed by atoms with E-state index in [1.807, 2.05) is 0 Å². The van der Waals surface area contributed by atoms with E-state index in [1.54, 1.807) is 0 Å². The smallest absolute Gasteiger partial charge is 0.207 e. The molecule has 0 unspecified atom stereocenters. The molecule has 0 saturated carbocycles. The minimum Gasteiger partial charge on any atom is -0.207 e. The summed E-state index contributed by atoms with van der Waals surface area (Å²) in [6, 6.07) is 0.676. The summed E-state index contributed by atoms with van der Waals surface area (Å²) < 4.78 is 89.5. The lowest BCUT2D eigenvalue weighted by Crippen LogP contribution is -2.01. The number of rotatable bonds is 3. The van der Waals surface area contributed by atoms with Gasteiger partial charge in [0.2, 0.25) is 0 Å². The van der Waals surface area contributed by atoms with Crippen molar-refractivity contribution in [1.29, 1.82) is 0 Å². The molecule has 0 bridgehead atoms. The van der Waals surface area contributed by atoms with Crippen LogP contribution in [-0.2, 0) is 29.5 Å². The second-order valence-corrected chi connectivity index (χ2v) is 8.21. The highest BCUT2D eigenvalue weighted by atomic mass is 35.7. The second kappa shape index (κ2) is 4.40. The van der Waals surface area contributed by atoms with Gasteiger partial charge in [0, 0.05) is 10.7 Å². The molecule has 0 aliphatic heterocycles. The quantitative estimate of drug-likeness (QED) is 0.758. The molecule has 0 atom stereocenters. The topological polar surface area (TPSA) is 102 Å². The molecule has 0 aliphatic carbocycles. The van der Waals surface area contributed by atoms with Crippen molar-refractivity contribution in [3.05, 3.63) is 18.2 Å². The van der Waals surface area contributed by atoms with E-state index in [2.05, 4.69) is 0 Å². The first kappa shape index (κ1) is 15.3. The van der Waals surface area contributed by atoms with Crippen LogP contribution >= 0.6 is 10.7 Å². The summed E-state index contributed by atoms with van der Waals surface area (Å²) in [6.45, 7) is 0. The molecule has 0 heterocycles. The maximum absolute atomic E-state index is 12.7. The number of hydrogen-bond donors (Lipinski definition) is 0. The van der Waals surface area contributed by atoms with Gasteiger partial charge < -0.3 is 0 Å². The molecule has 0 fully saturated rings. The van der Waals surface area contributed by atoms with E-state index in [0.29, 0.717) is 0 Å². The van der Waals surface area contributed by atoms with Crippen LogP contribution in [0.1, 0.15) is 0 Å². The van der Waals surface area contributed by atoms with Crippen LogP contribution in [0, 0.1) is 0 Å². The van der Waals surface area contributed by atoms with Crippen LogP contribution in [0.5, 0.6) is 0 Å². The Morgan fingerprint density at radius 1 is 0.722 bits per heavy atom. The van der Waals surface area contributed by atoms with Gasteiger partial charge in [-0.3, -0.25) is 0 Å². The Morgan fingerprint density at radius 3 is 1.22 bits per heavy atom. The van der Waals surface area contributed by atoms with Crippen LogP contribution in [0.25, 0.3) is 0 Å². The third-order valence-corrected chi connectivity index (χ3v) is 4.63. The van der Waals surface area contributed by atoms with Crippen LogP contribution in [-0.4, -0.2) is 25.3 Å². The fourth-order valence-corrected chi connectivity index (χ4v) is 3.07. The Morgan fingerprint density at radius 2 is 1.00 bits per heavy atom. The molecular formula is C6H3ClF2O6S3. The highest BCUT2D eigenvalue weighted by molar-refractivity contribution is 8.13. The molecule has 18 heavy (non-hydrogen) atoms. The molecular weight excluding hydrogens is 338 g/mol. The van der Waals surface area contributed by atoms with Gasteiger partial charge in [-0.15, -0.1) is 7.77 Å². The third kappa shape index (κ3) is 3.60. The van der Waals surface area contributed by atoms with E-state index in [-0.39, 0.29) is 18.2 Å². The Kier molecular flexibility index (Phi) is 3.74. The van der Waals surface area contributed by atoms with Gasteiger partial charge in [-0.05, 0) is 18.2 Å². The fourth-order valence-electron chi connectivity index (χ4n) is 0.968. The molecule has 0 saturated heterocycles. The summed E-state index contributed by atoms with van der Waals surface area (Å²) in [4.78, 5) is -3.72. The minimum absolute atomic E-state index is 0.135. The SMILES string of the molecule is O=S(=O)(F)c1cc(S(=O)(=O)F)cc(S(=O)(=O)Cl)c1. The number of hydrogen-bond acceptors (Lipinski definition) is 6. The normalized spacial score (nSPS) is 13.5. The van der Waals surface area contributed by atoms with E-state index in [9.17, 15) is 33.0 Å². The summed E-state index contributed by atoms with van der Waals surface area (Å²) in [5.41, 5.74) is 0. The third-order valence-electron chi connectivity index (χ3n) is 1.70. The minimum atomic E-state index is -5.42. The predicted octanol–water partition coefficient (Wildman–Crippen LogP) is 0.931. The van der Waals surface area contributed by atoms with Gasteiger partial charge in [0.05, 0.1) is 4.90 Å². The molecule has 102 valence electrons. The van der Waals surface area contributed by atoms with Crippen LogP contribution < -0.4 is 0 Å². The molecule has 0 aliphatic rings. The molecule has 0 spiro atoms. The molecule has 6 nitrogen and oxygen atoms in total. The lowest BCUT2D eigenvalue weighted by atomic mass is 10.4. The van der Waals surface area contributed by atoms with Gasteiger partial charge in [0.25, 0.3) is 9.05 Å². The number of benzene rings is 1. The van der Waals surface area contributed by atoms with E-state index in [4.69, 9.17) is 10.7 Å². The molecule has 1 rings (SSSR count). The predicted molar refractivity (Wildman–Crippen MR) is 56.1 cm³/mol. The Hall–Kier alpha value is -0.780. The van der Waals surface area contributed by atoms with Gasteiger partial charge >= 0.3 is 20.4 Å². The standard InChI is InChI=1S/C6H3ClF2O6S3/c7-16(10,11)4-1-5(17(8,12)13)3-6(2-4)18(9,14)15/h1-3H. The first-order valence-corrected chi connectivity index (χ1v) is 8.88. The van der Waals surface area contributed by atoms with Gasteiger partial charge in [-0.1, -0.05) is 0 Å². The zero-order chi connectivity index (χ0) is 14.4.